The lowest BCUT2D eigenvalue weighted by atomic mass is 10.1. The summed E-state index contributed by atoms with van der Waals surface area (Å²) in [6.07, 6.45) is 3.45. The van der Waals surface area contributed by atoms with E-state index in [2.05, 4.69) is 5.10 Å². The van der Waals surface area contributed by atoms with Gasteiger partial charge in [-0.05, 0) is 23.8 Å². The second-order valence-corrected chi connectivity index (χ2v) is 4.58. The van der Waals surface area contributed by atoms with Gasteiger partial charge in [0.15, 0.2) is 5.78 Å². The molecule has 0 unspecified atom stereocenters. The number of carbonyl (C=O) groups excluding carboxylic acids is 1. The van der Waals surface area contributed by atoms with Crippen molar-refractivity contribution in [3.63, 3.8) is 0 Å². The summed E-state index contributed by atoms with van der Waals surface area (Å²) in [5, 5.41) is 5.08. The highest BCUT2D eigenvalue weighted by Gasteiger charge is 2.11. The fourth-order valence-electron chi connectivity index (χ4n) is 1.52. The van der Waals surface area contributed by atoms with E-state index in [1.807, 2.05) is 0 Å². The van der Waals surface area contributed by atoms with Crippen molar-refractivity contribution in [1.29, 1.82) is 0 Å². The molecule has 0 aliphatic carbocycles. The van der Waals surface area contributed by atoms with Crippen LogP contribution in [0.5, 0.6) is 0 Å². The molecule has 1 heterocycles. The van der Waals surface area contributed by atoms with Gasteiger partial charge in [-0.2, -0.15) is 5.10 Å². The Balaban J connectivity index is 2.21. The third-order valence-electron chi connectivity index (χ3n) is 2.39. The van der Waals surface area contributed by atoms with Crippen molar-refractivity contribution >= 4 is 29.0 Å². The van der Waals surface area contributed by atoms with E-state index in [1.165, 1.54) is 0 Å². The Morgan fingerprint density at radius 1 is 1.41 bits per heavy atom. The third kappa shape index (κ3) is 2.87. The van der Waals surface area contributed by atoms with Crippen LogP contribution in [0.3, 0.4) is 0 Å². The van der Waals surface area contributed by atoms with Gasteiger partial charge in [-0.1, -0.05) is 23.2 Å². The zero-order valence-corrected chi connectivity index (χ0v) is 10.7. The van der Waals surface area contributed by atoms with Crippen molar-refractivity contribution in [3.05, 3.63) is 51.8 Å². The van der Waals surface area contributed by atoms with Crippen molar-refractivity contribution in [2.45, 2.75) is 6.42 Å². The molecule has 2 rings (SSSR count). The Kier molecular flexibility index (Phi) is 3.50. The molecule has 0 bridgehead atoms. The lowest BCUT2D eigenvalue weighted by molar-refractivity contribution is 0.0993. The molecular weight excluding hydrogens is 259 g/mol. The van der Waals surface area contributed by atoms with E-state index in [0.29, 0.717) is 15.6 Å². The van der Waals surface area contributed by atoms with Crippen LogP contribution in [-0.2, 0) is 13.5 Å². The van der Waals surface area contributed by atoms with E-state index < -0.39 is 0 Å². The maximum absolute atomic E-state index is 11.9. The first-order valence-electron chi connectivity index (χ1n) is 5.02. The summed E-state index contributed by atoms with van der Waals surface area (Å²) in [5.41, 5.74) is 1.30. The fourth-order valence-corrected chi connectivity index (χ4v) is 1.90. The highest BCUT2D eigenvalue weighted by Crippen LogP contribution is 2.22. The molecule has 0 N–H and O–H groups in total. The lowest BCUT2D eigenvalue weighted by Crippen LogP contribution is -2.03. The van der Waals surface area contributed by atoms with Gasteiger partial charge in [-0.15, -0.1) is 0 Å². The first-order valence-corrected chi connectivity index (χ1v) is 5.77. The number of Topliss-reactive ketones (excluding diaryl/α,β-unsaturated/α-hetero) is 1. The van der Waals surface area contributed by atoms with Crippen LogP contribution in [-0.4, -0.2) is 15.6 Å². The van der Waals surface area contributed by atoms with Gasteiger partial charge in [-0.3, -0.25) is 9.48 Å². The standard InChI is InChI=1S/C12H10Cl2N2O/c1-16-7-9(6-15-16)12(17)5-8-4-10(13)2-3-11(8)14/h2-4,6-7H,5H2,1H3. The minimum absolute atomic E-state index is 0.0257. The molecule has 0 saturated carbocycles. The van der Waals surface area contributed by atoms with Gasteiger partial charge in [0, 0.05) is 29.7 Å². The van der Waals surface area contributed by atoms with Crippen molar-refractivity contribution in [3.8, 4) is 0 Å². The minimum Gasteiger partial charge on any atom is -0.294 e. The van der Waals surface area contributed by atoms with Gasteiger partial charge in [0.25, 0.3) is 0 Å². The highest BCUT2D eigenvalue weighted by atomic mass is 35.5. The first kappa shape index (κ1) is 12.1. The van der Waals surface area contributed by atoms with Crippen LogP contribution in [0.15, 0.2) is 30.6 Å². The molecular formula is C12H10Cl2N2O. The molecule has 0 aliphatic heterocycles. The van der Waals surface area contributed by atoms with Crippen molar-refractivity contribution in [2.24, 2.45) is 7.05 Å². The third-order valence-corrected chi connectivity index (χ3v) is 2.99. The Morgan fingerprint density at radius 2 is 2.18 bits per heavy atom. The average molecular weight is 269 g/mol. The first-order chi connectivity index (χ1) is 8.06. The summed E-state index contributed by atoms with van der Waals surface area (Å²) >= 11 is 11.9. The average Bonchev–Trinajstić information content (AvgIpc) is 2.70. The zero-order chi connectivity index (χ0) is 12.4. The normalized spacial score (nSPS) is 10.5. The van der Waals surface area contributed by atoms with E-state index in [9.17, 15) is 4.79 Å². The molecule has 2 aromatic rings. The molecule has 0 fully saturated rings. The molecule has 5 heteroatoms. The predicted molar refractivity (Wildman–Crippen MR) is 67.7 cm³/mol. The molecule has 88 valence electrons. The monoisotopic (exact) mass is 268 g/mol. The van der Waals surface area contributed by atoms with Gasteiger partial charge in [0.2, 0.25) is 0 Å². The van der Waals surface area contributed by atoms with Crippen molar-refractivity contribution < 1.29 is 4.79 Å². The maximum atomic E-state index is 11.9. The summed E-state index contributed by atoms with van der Waals surface area (Å²) in [5.74, 6) is -0.0257. The van der Waals surface area contributed by atoms with Gasteiger partial charge in [0.1, 0.15) is 0 Å². The van der Waals surface area contributed by atoms with Crippen LogP contribution in [0.25, 0.3) is 0 Å². The van der Waals surface area contributed by atoms with E-state index in [1.54, 1.807) is 42.3 Å². The number of hydrogen-bond acceptors (Lipinski definition) is 2. The van der Waals surface area contributed by atoms with Crippen LogP contribution in [0.4, 0.5) is 0 Å². The Morgan fingerprint density at radius 3 is 2.82 bits per heavy atom. The number of rotatable bonds is 3. The van der Waals surface area contributed by atoms with Crippen LogP contribution < -0.4 is 0 Å². The topological polar surface area (TPSA) is 34.9 Å². The second-order valence-electron chi connectivity index (χ2n) is 3.74. The molecule has 0 atom stereocenters. The molecule has 0 radical (unpaired) electrons. The van der Waals surface area contributed by atoms with Crippen LogP contribution in [0.2, 0.25) is 10.0 Å². The number of hydrogen-bond donors (Lipinski definition) is 0. The SMILES string of the molecule is Cn1cc(C(=O)Cc2cc(Cl)ccc2Cl)cn1. The summed E-state index contributed by atoms with van der Waals surface area (Å²) in [6, 6.07) is 5.09. The van der Waals surface area contributed by atoms with Crippen LogP contribution in [0.1, 0.15) is 15.9 Å². The summed E-state index contributed by atoms with van der Waals surface area (Å²) < 4.78 is 1.59. The number of halogens is 2. The maximum Gasteiger partial charge on any atom is 0.170 e. The van der Waals surface area contributed by atoms with Crippen LogP contribution >= 0.6 is 23.2 Å². The Labute approximate surface area is 109 Å². The minimum atomic E-state index is -0.0257. The van der Waals surface area contributed by atoms with Crippen LogP contribution in [0, 0.1) is 0 Å². The zero-order valence-electron chi connectivity index (χ0n) is 9.15. The van der Waals surface area contributed by atoms with Gasteiger partial charge < -0.3 is 0 Å². The number of aryl methyl sites for hydroxylation is 1. The molecule has 0 spiro atoms. The second kappa shape index (κ2) is 4.90. The quantitative estimate of drug-likeness (QED) is 0.802. The summed E-state index contributed by atoms with van der Waals surface area (Å²) in [7, 11) is 1.77. The molecule has 17 heavy (non-hydrogen) atoms. The fraction of sp³-hybridized carbons (Fsp3) is 0.167. The lowest BCUT2D eigenvalue weighted by Gasteiger charge is -2.03. The molecule has 0 amide bonds. The molecule has 0 saturated heterocycles. The number of carbonyl (C=O) groups is 1. The molecule has 0 aliphatic rings. The number of benzene rings is 1. The Bertz CT molecular complexity index is 563. The number of ketones is 1. The smallest absolute Gasteiger partial charge is 0.170 e. The van der Waals surface area contributed by atoms with E-state index in [4.69, 9.17) is 23.2 Å². The summed E-state index contributed by atoms with van der Waals surface area (Å²) in [4.78, 5) is 11.9. The highest BCUT2D eigenvalue weighted by molar-refractivity contribution is 6.33. The predicted octanol–water partition coefficient (Wildman–Crippen LogP) is 3.15. The van der Waals surface area contributed by atoms with Crippen molar-refractivity contribution in [2.75, 3.05) is 0 Å². The van der Waals surface area contributed by atoms with Gasteiger partial charge >= 0.3 is 0 Å². The van der Waals surface area contributed by atoms with Crippen molar-refractivity contribution in [1.82, 2.24) is 9.78 Å². The number of nitrogens with zero attached hydrogens (tertiary/aromatic N) is 2. The van der Waals surface area contributed by atoms with E-state index >= 15 is 0 Å². The largest absolute Gasteiger partial charge is 0.294 e. The molecule has 1 aromatic carbocycles. The van der Waals surface area contributed by atoms with Gasteiger partial charge in [0.05, 0.1) is 11.8 Å². The number of aromatic nitrogens is 2. The Hall–Kier alpha value is -1.32. The van der Waals surface area contributed by atoms with E-state index in [-0.39, 0.29) is 12.2 Å². The summed E-state index contributed by atoms with van der Waals surface area (Å²) in [6.45, 7) is 0. The van der Waals surface area contributed by atoms with E-state index in [0.717, 1.165) is 5.56 Å². The molecule has 1 aromatic heterocycles. The van der Waals surface area contributed by atoms with Gasteiger partial charge in [-0.25, -0.2) is 0 Å². The molecule has 3 nitrogen and oxygen atoms in total.